The Balaban J connectivity index is 2.23. The summed E-state index contributed by atoms with van der Waals surface area (Å²) in [4.78, 5) is 8.35. The van der Waals surface area contributed by atoms with E-state index in [0.29, 0.717) is 10.6 Å². The summed E-state index contributed by atoms with van der Waals surface area (Å²) in [5, 5.41) is 0.695. The molecule has 78 valence electrons. The summed E-state index contributed by atoms with van der Waals surface area (Å²) in [6, 6.07) is 8.55. The van der Waals surface area contributed by atoms with Crippen molar-refractivity contribution in [3.8, 4) is 10.6 Å². The van der Waals surface area contributed by atoms with E-state index in [1.54, 1.807) is 24.5 Å². The average molecular weight is 230 g/mol. The number of aromatic nitrogens is 2. The lowest BCUT2D eigenvalue weighted by Crippen LogP contribution is -1.81. The molecule has 0 saturated heterocycles. The van der Waals surface area contributed by atoms with E-state index in [0.717, 1.165) is 10.2 Å². The number of hydrogen-bond donors (Lipinski definition) is 0. The third-order valence-electron chi connectivity index (χ3n) is 2.29. The van der Waals surface area contributed by atoms with E-state index in [-0.39, 0.29) is 5.82 Å². The highest BCUT2D eigenvalue weighted by Gasteiger charge is 2.09. The number of halogens is 1. The Kier molecular flexibility index (Phi) is 2.15. The molecule has 2 heterocycles. The average Bonchev–Trinajstić information content (AvgIpc) is 2.73. The van der Waals surface area contributed by atoms with Gasteiger partial charge < -0.3 is 0 Å². The summed E-state index contributed by atoms with van der Waals surface area (Å²) in [6.07, 6.45) is 3.40. The van der Waals surface area contributed by atoms with E-state index >= 15 is 0 Å². The summed E-state index contributed by atoms with van der Waals surface area (Å²) < 4.78 is 14.6. The number of nitrogens with zero attached hydrogens (tertiary/aromatic N) is 2. The zero-order chi connectivity index (χ0) is 11.0. The number of pyridine rings is 1. The first-order valence-electron chi connectivity index (χ1n) is 4.80. The van der Waals surface area contributed by atoms with Gasteiger partial charge in [0.25, 0.3) is 0 Å². The van der Waals surface area contributed by atoms with Crippen LogP contribution in [0.5, 0.6) is 0 Å². The first kappa shape index (κ1) is 9.42. The van der Waals surface area contributed by atoms with Crippen molar-refractivity contribution in [2.24, 2.45) is 0 Å². The maximum atomic E-state index is 13.6. The molecule has 0 amide bonds. The van der Waals surface area contributed by atoms with Crippen molar-refractivity contribution in [1.29, 1.82) is 0 Å². The number of benzene rings is 1. The van der Waals surface area contributed by atoms with Crippen molar-refractivity contribution >= 4 is 21.6 Å². The molecule has 0 aliphatic heterocycles. The predicted molar refractivity (Wildman–Crippen MR) is 62.8 cm³/mol. The molecule has 0 bridgehead atoms. The van der Waals surface area contributed by atoms with Crippen LogP contribution >= 0.6 is 11.3 Å². The number of fused-ring (bicyclic) bond motifs is 1. The topological polar surface area (TPSA) is 25.8 Å². The van der Waals surface area contributed by atoms with Gasteiger partial charge in [-0.3, -0.25) is 4.98 Å². The minimum atomic E-state index is -0.241. The molecule has 2 aromatic heterocycles. The summed E-state index contributed by atoms with van der Waals surface area (Å²) in [5.41, 5.74) is 1.36. The van der Waals surface area contributed by atoms with Gasteiger partial charge in [-0.05, 0) is 18.2 Å². The second-order valence-electron chi connectivity index (χ2n) is 3.34. The number of rotatable bonds is 1. The molecular weight excluding hydrogens is 223 g/mol. The second-order valence-corrected chi connectivity index (χ2v) is 4.37. The Morgan fingerprint density at radius 1 is 1.12 bits per heavy atom. The Morgan fingerprint density at radius 2 is 2.00 bits per heavy atom. The Labute approximate surface area is 95.4 Å². The molecule has 0 aliphatic carbocycles. The van der Waals surface area contributed by atoms with Crippen LogP contribution in [0, 0.1) is 5.82 Å². The molecule has 2 nitrogen and oxygen atoms in total. The molecule has 1 aromatic carbocycles. The van der Waals surface area contributed by atoms with Crippen LogP contribution < -0.4 is 0 Å². The molecule has 0 radical (unpaired) electrons. The van der Waals surface area contributed by atoms with Crippen molar-refractivity contribution in [1.82, 2.24) is 9.97 Å². The van der Waals surface area contributed by atoms with E-state index in [9.17, 15) is 4.39 Å². The van der Waals surface area contributed by atoms with Gasteiger partial charge in [-0.25, -0.2) is 9.37 Å². The van der Waals surface area contributed by atoms with Gasteiger partial charge in [-0.15, -0.1) is 11.3 Å². The molecule has 0 spiro atoms. The highest BCUT2D eigenvalue weighted by molar-refractivity contribution is 7.21. The molecule has 0 fully saturated rings. The lowest BCUT2D eigenvalue weighted by Gasteiger charge is -1.96. The van der Waals surface area contributed by atoms with E-state index < -0.39 is 0 Å². The van der Waals surface area contributed by atoms with Crippen molar-refractivity contribution in [2.45, 2.75) is 0 Å². The van der Waals surface area contributed by atoms with Crippen LogP contribution in [-0.2, 0) is 0 Å². The summed E-state index contributed by atoms with van der Waals surface area (Å²) >= 11 is 1.47. The SMILES string of the molecule is Fc1ccccc1-c1nc2cnccc2s1. The van der Waals surface area contributed by atoms with Crippen LogP contribution in [-0.4, -0.2) is 9.97 Å². The van der Waals surface area contributed by atoms with Gasteiger partial charge in [-0.1, -0.05) is 12.1 Å². The van der Waals surface area contributed by atoms with Crippen LogP contribution in [0.3, 0.4) is 0 Å². The first-order valence-corrected chi connectivity index (χ1v) is 5.62. The fourth-order valence-corrected chi connectivity index (χ4v) is 2.49. The number of hydrogen-bond acceptors (Lipinski definition) is 3. The molecule has 0 saturated carbocycles. The van der Waals surface area contributed by atoms with Gasteiger partial charge in [0.15, 0.2) is 0 Å². The lowest BCUT2D eigenvalue weighted by atomic mass is 10.2. The fraction of sp³-hybridized carbons (Fsp3) is 0. The van der Waals surface area contributed by atoms with E-state index in [2.05, 4.69) is 9.97 Å². The molecular formula is C12H7FN2S. The maximum absolute atomic E-state index is 13.6. The van der Waals surface area contributed by atoms with Gasteiger partial charge in [0.1, 0.15) is 16.3 Å². The van der Waals surface area contributed by atoms with Crippen molar-refractivity contribution in [3.05, 3.63) is 48.5 Å². The van der Waals surface area contributed by atoms with Crippen molar-refractivity contribution in [3.63, 3.8) is 0 Å². The van der Waals surface area contributed by atoms with Gasteiger partial charge in [0.2, 0.25) is 0 Å². The first-order chi connectivity index (χ1) is 7.84. The maximum Gasteiger partial charge on any atom is 0.133 e. The number of thiazole rings is 1. The van der Waals surface area contributed by atoms with Crippen molar-refractivity contribution < 1.29 is 4.39 Å². The fourth-order valence-electron chi connectivity index (χ4n) is 1.53. The van der Waals surface area contributed by atoms with Gasteiger partial charge in [-0.2, -0.15) is 0 Å². The third kappa shape index (κ3) is 1.47. The lowest BCUT2D eigenvalue weighted by molar-refractivity contribution is 0.631. The summed E-state index contributed by atoms with van der Waals surface area (Å²) in [7, 11) is 0. The molecule has 4 heteroatoms. The largest absolute Gasteiger partial charge is 0.262 e. The molecule has 3 rings (SSSR count). The molecule has 0 N–H and O–H groups in total. The molecule has 0 aliphatic rings. The van der Waals surface area contributed by atoms with Gasteiger partial charge in [0.05, 0.1) is 10.9 Å². The Hall–Kier alpha value is -1.81. The zero-order valence-corrected chi connectivity index (χ0v) is 9.04. The second kappa shape index (κ2) is 3.64. The predicted octanol–water partition coefficient (Wildman–Crippen LogP) is 3.50. The van der Waals surface area contributed by atoms with Crippen LogP contribution in [0.2, 0.25) is 0 Å². The van der Waals surface area contributed by atoms with E-state index in [1.807, 2.05) is 12.1 Å². The van der Waals surface area contributed by atoms with E-state index in [4.69, 9.17) is 0 Å². The standard InChI is InChI=1S/C12H7FN2S/c13-9-4-2-1-3-8(9)12-15-10-7-14-6-5-11(10)16-12/h1-7H. The quantitative estimate of drug-likeness (QED) is 0.639. The Morgan fingerprint density at radius 3 is 2.81 bits per heavy atom. The minimum Gasteiger partial charge on any atom is -0.262 e. The normalized spacial score (nSPS) is 10.8. The van der Waals surface area contributed by atoms with Crippen LogP contribution in [0.4, 0.5) is 4.39 Å². The van der Waals surface area contributed by atoms with Crippen molar-refractivity contribution in [2.75, 3.05) is 0 Å². The Bertz CT molecular complexity index is 615. The van der Waals surface area contributed by atoms with Crippen LogP contribution in [0.15, 0.2) is 42.7 Å². The molecule has 0 unspecified atom stereocenters. The zero-order valence-electron chi connectivity index (χ0n) is 8.22. The molecule has 16 heavy (non-hydrogen) atoms. The summed E-state index contributed by atoms with van der Waals surface area (Å²) in [5.74, 6) is -0.241. The molecule has 0 atom stereocenters. The van der Waals surface area contributed by atoms with Crippen LogP contribution in [0.1, 0.15) is 0 Å². The summed E-state index contributed by atoms with van der Waals surface area (Å²) in [6.45, 7) is 0. The smallest absolute Gasteiger partial charge is 0.133 e. The van der Waals surface area contributed by atoms with E-state index in [1.165, 1.54) is 17.4 Å². The monoisotopic (exact) mass is 230 g/mol. The third-order valence-corrected chi connectivity index (χ3v) is 3.36. The van der Waals surface area contributed by atoms with Crippen LogP contribution in [0.25, 0.3) is 20.8 Å². The minimum absolute atomic E-state index is 0.241. The highest BCUT2D eigenvalue weighted by atomic mass is 32.1. The highest BCUT2D eigenvalue weighted by Crippen LogP contribution is 2.30. The molecule has 3 aromatic rings. The van der Waals surface area contributed by atoms with Gasteiger partial charge in [0, 0.05) is 11.8 Å². The van der Waals surface area contributed by atoms with Gasteiger partial charge >= 0.3 is 0 Å².